The van der Waals surface area contributed by atoms with Crippen LogP contribution in [-0.2, 0) is 16.0 Å². The van der Waals surface area contributed by atoms with Crippen LogP contribution in [-0.4, -0.2) is 24.1 Å². The maximum absolute atomic E-state index is 13.9. The van der Waals surface area contributed by atoms with Gasteiger partial charge in [-0.25, -0.2) is 4.39 Å². The van der Waals surface area contributed by atoms with Crippen LogP contribution in [0.4, 0.5) is 10.1 Å². The van der Waals surface area contributed by atoms with Gasteiger partial charge in [0.25, 0.3) is 0 Å². The van der Waals surface area contributed by atoms with Crippen molar-refractivity contribution in [1.29, 1.82) is 0 Å². The summed E-state index contributed by atoms with van der Waals surface area (Å²) < 4.78 is 18.7. The number of hydrogen-bond donors (Lipinski definition) is 1. The second-order valence-electron chi connectivity index (χ2n) is 6.80. The van der Waals surface area contributed by atoms with Crippen LogP contribution in [0.1, 0.15) is 49.8 Å². The van der Waals surface area contributed by atoms with Crippen LogP contribution in [0.15, 0.2) is 18.2 Å². The predicted octanol–water partition coefficient (Wildman–Crippen LogP) is 4.53. The molecule has 0 spiro atoms. The summed E-state index contributed by atoms with van der Waals surface area (Å²) in [5.41, 5.74) is 3.15. The number of halogens is 1. The van der Waals surface area contributed by atoms with Gasteiger partial charge < -0.3 is 10.1 Å². The molecule has 4 nitrogen and oxygen atoms in total. The quantitative estimate of drug-likeness (QED) is 0.654. The lowest BCUT2D eigenvalue weighted by molar-refractivity contribution is -0.139. The van der Waals surface area contributed by atoms with Gasteiger partial charge in [-0.05, 0) is 38.0 Å². The van der Waals surface area contributed by atoms with Gasteiger partial charge in [-0.2, -0.15) is 0 Å². The van der Waals surface area contributed by atoms with Gasteiger partial charge in [0.15, 0.2) is 0 Å². The molecule has 1 aromatic carbocycles. The van der Waals surface area contributed by atoms with E-state index in [-0.39, 0.29) is 18.2 Å². The van der Waals surface area contributed by atoms with Gasteiger partial charge in [-0.3, -0.25) is 9.78 Å². The average molecular weight is 344 g/mol. The first-order chi connectivity index (χ1) is 12.1. The van der Waals surface area contributed by atoms with Crippen LogP contribution in [0.2, 0.25) is 0 Å². The van der Waals surface area contributed by atoms with Gasteiger partial charge in [-0.1, -0.05) is 25.7 Å². The zero-order valence-corrected chi connectivity index (χ0v) is 14.9. The minimum Gasteiger partial charge on any atom is -0.469 e. The van der Waals surface area contributed by atoms with Gasteiger partial charge >= 0.3 is 5.97 Å². The Morgan fingerprint density at radius 1 is 1.28 bits per heavy atom. The monoisotopic (exact) mass is 344 g/mol. The molecule has 2 aromatic rings. The van der Waals surface area contributed by atoms with E-state index >= 15 is 0 Å². The maximum atomic E-state index is 13.9. The maximum Gasteiger partial charge on any atom is 0.310 e. The first-order valence-electron chi connectivity index (χ1n) is 9.00. The number of pyridine rings is 1. The normalized spacial score (nSPS) is 15.8. The highest BCUT2D eigenvalue weighted by Crippen LogP contribution is 2.32. The first-order valence-corrected chi connectivity index (χ1v) is 9.00. The summed E-state index contributed by atoms with van der Waals surface area (Å²) >= 11 is 0. The summed E-state index contributed by atoms with van der Waals surface area (Å²) in [5.74, 6) is -0.615. The fourth-order valence-electron chi connectivity index (χ4n) is 3.62. The smallest absolute Gasteiger partial charge is 0.310 e. The molecule has 1 aromatic heterocycles. The molecule has 0 radical (unpaired) electrons. The van der Waals surface area contributed by atoms with E-state index in [4.69, 9.17) is 4.74 Å². The molecule has 0 amide bonds. The van der Waals surface area contributed by atoms with Crippen molar-refractivity contribution in [1.82, 2.24) is 4.98 Å². The molecule has 1 fully saturated rings. The van der Waals surface area contributed by atoms with Crippen LogP contribution >= 0.6 is 0 Å². The summed E-state index contributed by atoms with van der Waals surface area (Å²) in [5, 5.41) is 4.35. The highest BCUT2D eigenvalue weighted by Gasteiger charge is 2.20. The molecule has 1 aliphatic rings. The van der Waals surface area contributed by atoms with Crippen LogP contribution in [0, 0.1) is 12.7 Å². The standard InChI is InChI=1S/C20H25FN2O2/c1-13-16(12-19(24)25-2)20(23-15-7-5-3-4-6-8-15)17-11-14(21)9-10-18(17)22-13/h9-11,15H,3-8,12H2,1-2H3,(H,22,23). The molecule has 1 aliphatic carbocycles. The van der Waals surface area contributed by atoms with Gasteiger partial charge in [0.1, 0.15) is 5.82 Å². The van der Waals surface area contributed by atoms with Crippen molar-refractivity contribution in [3.63, 3.8) is 0 Å². The number of rotatable bonds is 4. The van der Waals surface area contributed by atoms with E-state index in [0.29, 0.717) is 6.04 Å². The third kappa shape index (κ3) is 4.09. The number of methoxy groups -OCH3 is 1. The molecule has 0 unspecified atom stereocenters. The fraction of sp³-hybridized carbons (Fsp3) is 0.500. The number of aromatic nitrogens is 1. The van der Waals surface area contributed by atoms with Crippen molar-refractivity contribution in [3.05, 3.63) is 35.3 Å². The van der Waals surface area contributed by atoms with E-state index in [1.165, 1.54) is 44.9 Å². The number of aryl methyl sites for hydroxylation is 1. The van der Waals surface area contributed by atoms with Crippen molar-refractivity contribution >= 4 is 22.6 Å². The van der Waals surface area contributed by atoms with Crippen molar-refractivity contribution in [2.75, 3.05) is 12.4 Å². The summed E-state index contributed by atoms with van der Waals surface area (Å²) in [6.45, 7) is 1.89. The Morgan fingerprint density at radius 3 is 2.68 bits per heavy atom. The van der Waals surface area contributed by atoms with E-state index in [1.54, 1.807) is 6.07 Å². The summed E-state index contributed by atoms with van der Waals surface area (Å²) in [6, 6.07) is 4.95. The third-order valence-corrected chi connectivity index (χ3v) is 5.01. The van der Waals surface area contributed by atoms with E-state index in [0.717, 1.165) is 40.7 Å². The Kier molecular flexibility index (Phi) is 5.51. The molecule has 1 saturated carbocycles. The Morgan fingerprint density at radius 2 is 2.00 bits per heavy atom. The summed E-state index contributed by atoms with van der Waals surface area (Å²) in [4.78, 5) is 16.4. The van der Waals surface area contributed by atoms with Gasteiger partial charge in [0.2, 0.25) is 0 Å². The van der Waals surface area contributed by atoms with Crippen LogP contribution in [0.3, 0.4) is 0 Å². The van der Waals surface area contributed by atoms with Crippen molar-refractivity contribution in [2.24, 2.45) is 0 Å². The summed E-state index contributed by atoms with van der Waals surface area (Å²) in [6.07, 6.45) is 7.24. The molecule has 0 aliphatic heterocycles. The Bertz CT molecular complexity index is 768. The van der Waals surface area contributed by atoms with E-state index < -0.39 is 0 Å². The number of nitrogens with zero attached hydrogens (tertiary/aromatic N) is 1. The minimum absolute atomic E-state index is 0.136. The molecule has 1 N–H and O–H groups in total. The Labute approximate surface area is 147 Å². The third-order valence-electron chi connectivity index (χ3n) is 5.01. The predicted molar refractivity (Wildman–Crippen MR) is 97.3 cm³/mol. The molecule has 0 atom stereocenters. The Hall–Kier alpha value is -2.17. The molecule has 5 heteroatoms. The lowest BCUT2D eigenvalue weighted by Crippen LogP contribution is -2.21. The number of nitrogens with one attached hydrogen (secondary N) is 1. The zero-order valence-electron chi connectivity index (χ0n) is 14.9. The molecule has 0 saturated heterocycles. The minimum atomic E-state index is -0.315. The second-order valence-corrected chi connectivity index (χ2v) is 6.80. The number of benzene rings is 1. The highest BCUT2D eigenvalue weighted by molar-refractivity contribution is 5.95. The molecule has 3 rings (SSSR count). The average Bonchev–Trinajstić information content (AvgIpc) is 2.87. The largest absolute Gasteiger partial charge is 0.469 e. The zero-order chi connectivity index (χ0) is 17.8. The molecule has 25 heavy (non-hydrogen) atoms. The number of esters is 1. The van der Waals surface area contributed by atoms with Crippen LogP contribution < -0.4 is 5.32 Å². The number of carbonyl (C=O) groups excluding carboxylic acids is 1. The highest BCUT2D eigenvalue weighted by atomic mass is 19.1. The van der Waals surface area contributed by atoms with Gasteiger partial charge in [0.05, 0.1) is 19.0 Å². The SMILES string of the molecule is COC(=O)Cc1c(C)nc2ccc(F)cc2c1NC1CCCCCC1. The van der Waals surface area contributed by atoms with Gasteiger partial charge in [0, 0.05) is 28.4 Å². The number of hydrogen-bond acceptors (Lipinski definition) is 4. The topological polar surface area (TPSA) is 51.2 Å². The molecule has 134 valence electrons. The molecule has 0 bridgehead atoms. The van der Waals surface area contributed by atoms with Crippen LogP contribution in [0.25, 0.3) is 10.9 Å². The lowest BCUT2D eigenvalue weighted by Gasteiger charge is -2.22. The number of carbonyl (C=O) groups is 1. The number of ether oxygens (including phenoxy) is 1. The van der Waals surface area contributed by atoms with Gasteiger partial charge in [-0.15, -0.1) is 0 Å². The number of anilines is 1. The molecular weight excluding hydrogens is 319 g/mol. The molecular formula is C20H25FN2O2. The van der Waals surface area contributed by atoms with Crippen molar-refractivity contribution < 1.29 is 13.9 Å². The fourth-order valence-corrected chi connectivity index (χ4v) is 3.62. The second kappa shape index (κ2) is 7.81. The first kappa shape index (κ1) is 17.6. The van der Waals surface area contributed by atoms with Crippen molar-refractivity contribution in [2.45, 2.75) is 57.9 Å². The molecule has 1 heterocycles. The van der Waals surface area contributed by atoms with Crippen LogP contribution in [0.5, 0.6) is 0 Å². The lowest BCUT2D eigenvalue weighted by atomic mass is 10.0. The number of fused-ring (bicyclic) bond motifs is 1. The van der Waals surface area contributed by atoms with E-state index in [1.807, 2.05) is 6.92 Å². The van der Waals surface area contributed by atoms with E-state index in [2.05, 4.69) is 10.3 Å². The van der Waals surface area contributed by atoms with E-state index in [9.17, 15) is 9.18 Å². The van der Waals surface area contributed by atoms with Crippen molar-refractivity contribution in [3.8, 4) is 0 Å². The Balaban J connectivity index is 2.07. The summed E-state index contributed by atoms with van der Waals surface area (Å²) in [7, 11) is 1.38.